The van der Waals surface area contributed by atoms with E-state index in [0.717, 1.165) is 51.6 Å². The normalized spacial score (nSPS) is 24.7. The largest absolute Gasteiger partial charge is 0.349 e. The first-order valence-electron chi connectivity index (χ1n) is 10.9. The minimum atomic E-state index is 0.0183. The van der Waals surface area contributed by atoms with E-state index in [9.17, 15) is 9.59 Å². The van der Waals surface area contributed by atoms with Crippen LogP contribution in [0.5, 0.6) is 0 Å². The van der Waals surface area contributed by atoms with Crippen LogP contribution < -0.4 is 5.32 Å². The molecular weight excluding hydrogens is 350 g/mol. The van der Waals surface area contributed by atoms with Gasteiger partial charge in [-0.2, -0.15) is 0 Å². The Bertz CT molecular complexity index is 731. The molecule has 0 spiro atoms. The molecule has 0 saturated carbocycles. The van der Waals surface area contributed by atoms with E-state index in [1.54, 1.807) is 0 Å². The quantitative estimate of drug-likeness (QED) is 0.843. The smallest absolute Gasteiger partial charge is 0.319 e. The zero-order chi connectivity index (χ0) is 19.7. The standard InChI is InChI=1S/C23H33N3O2/c1-23(2)12-9-20(18-7-3-4-8-19(18)23)24-21(27)17-10-15-26(16-11-17)22(28)25-13-5-6-14-25/h3-4,7-8,17,20H,5-6,9-16H2,1-2H3,(H,24,27). The predicted octanol–water partition coefficient (Wildman–Crippen LogP) is 3.84. The predicted molar refractivity (Wildman–Crippen MR) is 110 cm³/mol. The molecule has 5 nitrogen and oxygen atoms in total. The van der Waals surface area contributed by atoms with E-state index >= 15 is 0 Å². The van der Waals surface area contributed by atoms with Gasteiger partial charge in [0.2, 0.25) is 5.91 Å². The Morgan fingerprint density at radius 2 is 1.61 bits per heavy atom. The van der Waals surface area contributed by atoms with Gasteiger partial charge in [0.15, 0.2) is 0 Å². The molecule has 3 aliphatic rings. The summed E-state index contributed by atoms with van der Waals surface area (Å²) in [6, 6.07) is 8.81. The highest BCUT2D eigenvalue weighted by atomic mass is 16.2. The highest BCUT2D eigenvalue weighted by Gasteiger charge is 2.35. The van der Waals surface area contributed by atoms with Crippen molar-refractivity contribution < 1.29 is 9.59 Å². The van der Waals surface area contributed by atoms with Gasteiger partial charge in [0, 0.05) is 32.1 Å². The highest BCUT2D eigenvalue weighted by molar-refractivity contribution is 5.80. The number of urea groups is 1. The first-order valence-corrected chi connectivity index (χ1v) is 10.9. The minimum absolute atomic E-state index is 0.0183. The van der Waals surface area contributed by atoms with E-state index in [2.05, 4.69) is 43.4 Å². The van der Waals surface area contributed by atoms with Crippen LogP contribution in [0.15, 0.2) is 24.3 Å². The highest BCUT2D eigenvalue weighted by Crippen LogP contribution is 2.41. The van der Waals surface area contributed by atoms with E-state index in [1.807, 2.05) is 9.80 Å². The van der Waals surface area contributed by atoms with Crippen LogP contribution in [-0.4, -0.2) is 47.9 Å². The van der Waals surface area contributed by atoms with Gasteiger partial charge in [0.1, 0.15) is 0 Å². The lowest BCUT2D eigenvalue weighted by Crippen LogP contribution is -2.48. The fraction of sp³-hybridized carbons (Fsp3) is 0.652. The molecule has 1 unspecified atom stereocenters. The average Bonchev–Trinajstić information content (AvgIpc) is 3.25. The van der Waals surface area contributed by atoms with Crippen molar-refractivity contribution in [1.29, 1.82) is 0 Å². The average molecular weight is 384 g/mol. The molecule has 1 aromatic rings. The molecule has 1 atom stereocenters. The number of hydrogen-bond donors (Lipinski definition) is 1. The molecule has 1 aromatic carbocycles. The summed E-state index contributed by atoms with van der Waals surface area (Å²) in [6.07, 6.45) is 5.84. The van der Waals surface area contributed by atoms with Crippen molar-refractivity contribution in [2.24, 2.45) is 5.92 Å². The van der Waals surface area contributed by atoms with Crippen LogP contribution in [0, 0.1) is 5.92 Å². The van der Waals surface area contributed by atoms with Gasteiger partial charge in [-0.15, -0.1) is 0 Å². The molecule has 2 fully saturated rings. The summed E-state index contributed by atoms with van der Waals surface area (Å²) >= 11 is 0. The molecule has 0 aromatic heterocycles. The van der Waals surface area contributed by atoms with Gasteiger partial charge in [-0.3, -0.25) is 4.79 Å². The summed E-state index contributed by atoms with van der Waals surface area (Å²) < 4.78 is 0. The fourth-order valence-corrected chi connectivity index (χ4v) is 5.09. The third kappa shape index (κ3) is 3.76. The van der Waals surface area contributed by atoms with Gasteiger partial charge in [-0.1, -0.05) is 38.1 Å². The van der Waals surface area contributed by atoms with E-state index in [4.69, 9.17) is 0 Å². The van der Waals surface area contributed by atoms with E-state index < -0.39 is 0 Å². The lowest BCUT2D eigenvalue weighted by atomic mass is 9.71. The number of rotatable bonds is 2. The van der Waals surface area contributed by atoms with E-state index in [-0.39, 0.29) is 29.3 Å². The molecule has 1 aliphatic carbocycles. The van der Waals surface area contributed by atoms with Crippen LogP contribution in [0.4, 0.5) is 4.79 Å². The number of likely N-dealkylation sites (tertiary alicyclic amines) is 2. The van der Waals surface area contributed by atoms with Gasteiger partial charge in [-0.25, -0.2) is 4.79 Å². The lowest BCUT2D eigenvalue weighted by Gasteiger charge is -2.38. The maximum absolute atomic E-state index is 12.9. The molecule has 5 heteroatoms. The second kappa shape index (κ2) is 7.76. The molecule has 2 heterocycles. The molecule has 2 saturated heterocycles. The van der Waals surface area contributed by atoms with Crippen molar-refractivity contribution in [1.82, 2.24) is 15.1 Å². The number of carbonyl (C=O) groups excluding carboxylic acids is 2. The lowest BCUT2D eigenvalue weighted by molar-refractivity contribution is -0.127. The van der Waals surface area contributed by atoms with Crippen LogP contribution in [0.3, 0.4) is 0 Å². The Morgan fingerprint density at radius 3 is 2.32 bits per heavy atom. The van der Waals surface area contributed by atoms with E-state index in [1.165, 1.54) is 11.1 Å². The molecule has 1 N–H and O–H groups in total. The molecule has 0 radical (unpaired) electrons. The maximum atomic E-state index is 12.9. The van der Waals surface area contributed by atoms with Crippen LogP contribution in [0.2, 0.25) is 0 Å². The first-order chi connectivity index (χ1) is 13.5. The summed E-state index contributed by atoms with van der Waals surface area (Å²) in [5.74, 6) is 0.178. The SMILES string of the molecule is CC1(C)CCC(NC(=O)C2CCN(C(=O)N3CCCC3)CC2)c2ccccc21. The zero-order valence-electron chi connectivity index (χ0n) is 17.2. The number of amides is 3. The summed E-state index contributed by atoms with van der Waals surface area (Å²) in [6.45, 7) is 7.74. The number of nitrogens with zero attached hydrogens (tertiary/aromatic N) is 2. The number of fused-ring (bicyclic) bond motifs is 1. The Kier molecular flexibility index (Phi) is 5.35. The van der Waals surface area contributed by atoms with Gasteiger partial charge in [0.05, 0.1) is 6.04 Å². The second-order valence-electron chi connectivity index (χ2n) is 9.31. The Hall–Kier alpha value is -2.04. The van der Waals surface area contributed by atoms with Crippen molar-refractivity contribution in [2.75, 3.05) is 26.2 Å². The summed E-state index contributed by atoms with van der Waals surface area (Å²) in [5.41, 5.74) is 2.80. The third-order valence-electron chi connectivity index (χ3n) is 6.95. The van der Waals surface area contributed by atoms with Gasteiger partial charge < -0.3 is 15.1 Å². The van der Waals surface area contributed by atoms with Gasteiger partial charge in [0.25, 0.3) is 0 Å². The van der Waals surface area contributed by atoms with Crippen molar-refractivity contribution in [2.45, 2.75) is 63.8 Å². The molecule has 28 heavy (non-hydrogen) atoms. The number of piperidine rings is 1. The monoisotopic (exact) mass is 383 g/mol. The van der Waals surface area contributed by atoms with Crippen molar-refractivity contribution in [3.63, 3.8) is 0 Å². The Morgan fingerprint density at radius 1 is 0.964 bits per heavy atom. The molecule has 3 amide bonds. The second-order valence-corrected chi connectivity index (χ2v) is 9.31. The van der Waals surface area contributed by atoms with Gasteiger partial charge >= 0.3 is 6.03 Å². The van der Waals surface area contributed by atoms with Crippen molar-refractivity contribution in [3.8, 4) is 0 Å². The van der Waals surface area contributed by atoms with Gasteiger partial charge in [-0.05, 0) is 55.1 Å². The number of hydrogen-bond acceptors (Lipinski definition) is 2. The van der Waals surface area contributed by atoms with E-state index in [0.29, 0.717) is 13.1 Å². The molecule has 0 bridgehead atoms. The number of nitrogens with one attached hydrogen (secondary N) is 1. The van der Waals surface area contributed by atoms with Crippen LogP contribution >= 0.6 is 0 Å². The van der Waals surface area contributed by atoms with Crippen molar-refractivity contribution >= 4 is 11.9 Å². The summed E-state index contributed by atoms with van der Waals surface area (Å²) in [7, 11) is 0. The van der Waals surface area contributed by atoms with Crippen molar-refractivity contribution in [3.05, 3.63) is 35.4 Å². The fourth-order valence-electron chi connectivity index (χ4n) is 5.09. The Balaban J connectivity index is 1.34. The maximum Gasteiger partial charge on any atom is 0.319 e. The number of benzene rings is 1. The zero-order valence-corrected chi connectivity index (χ0v) is 17.2. The summed E-state index contributed by atoms with van der Waals surface area (Å²) in [5, 5.41) is 3.33. The molecule has 2 aliphatic heterocycles. The summed E-state index contributed by atoms with van der Waals surface area (Å²) in [4.78, 5) is 29.4. The first kappa shape index (κ1) is 19.3. The number of carbonyl (C=O) groups is 2. The van der Waals surface area contributed by atoms with Crippen LogP contribution in [0.25, 0.3) is 0 Å². The van der Waals surface area contributed by atoms with Crippen LogP contribution in [0.1, 0.15) is 69.5 Å². The third-order valence-corrected chi connectivity index (χ3v) is 6.95. The molecule has 152 valence electrons. The van der Waals surface area contributed by atoms with Crippen LogP contribution in [-0.2, 0) is 10.2 Å². The Labute approximate surface area is 168 Å². The molecule has 4 rings (SSSR count). The molecular formula is C23H33N3O2. The topological polar surface area (TPSA) is 52.7 Å². The minimum Gasteiger partial charge on any atom is -0.349 e.